The fourth-order valence-electron chi connectivity index (χ4n) is 3.03. The number of hydrogen-bond acceptors (Lipinski definition) is 3. The van der Waals surface area contributed by atoms with Crippen LogP contribution in [0.5, 0.6) is 0 Å². The average Bonchev–Trinajstić information content (AvgIpc) is 3.19. The second-order valence-electron chi connectivity index (χ2n) is 7.05. The van der Waals surface area contributed by atoms with Crippen LogP contribution in [0.3, 0.4) is 0 Å². The third kappa shape index (κ3) is 4.35. The van der Waals surface area contributed by atoms with Crippen LogP contribution in [0, 0.1) is 11.3 Å². The lowest BCUT2D eigenvalue weighted by atomic mass is 9.87. The number of morpholine rings is 1. The molecule has 5 heteroatoms. The number of rotatable bonds is 5. The van der Waals surface area contributed by atoms with E-state index >= 15 is 0 Å². The summed E-state index contributed by atoms with van der Waals surface area (Å²) in [6.07, 6.45) is 2.77. The summed E-state index contributed by atoms with van der Waals surface area (Å²) in [6.45, 7) is 8.50. The summed E-state index contributed by atoms with van der Waals surface area (Å²) >= 11 is 0. The Kier molecular flexibility index (Phi) is 4.91. The van der Waals surface area contributed by atoms with E-state index in [2.05, 4.69) is 19.2 Å². The Labute approximate surface area is 121 Å². The predicted molar refractivity (Wildman–Crippen MR) is 77.5 cm³/mol. The monoisotopic (exact) mass is 284 g/mol. The molecule has 116 valence electrons. The van der Waals surface area contributed by atoms with Crippen LogP contribution in [0.25, 0.3) is 0 Å². The number of carbonyl (C=O) groups excluding carboxylic acids is 1. The van der Waals surface area contributed by atoms with Crippen LogP contribution in [0.1, 0.15) is 40.0 Å². The van der Waals surface area contributed by atoms with Gasteiger partial charge in [-0.25, -0.2) is 4.79 Å². The molecule has 1 heterocycles. The maximum absolute atomic E-state index is 12.4. The second-order valence-corrected chi connectivity index (χ2v) is 7.05. The van der Waals surface area contributed by atoms with Crippen molar-refractivity contribution in [3.8, 4) is 0 Å². The molecule has 2 atom stereocenters. The molecule has 20 heavy (non-hydrogen) atoms. The van der Waals surface area contributed by atoms with Gasteiger partial charge in [-0.2, -0.15) is 0 Å². The van der Waals surface area contributed by atoms with Gasteiger partial charge in [-0.15, -0.1) is 0 Å². The number of urea groups is 1. The molecule has 5 nitrogen and oxygen atoms in total. The van der Waals surface area contributed by atoms with Crippen molar-refractivity contribution < 1.29 is 14.6 Å². The molecular weight excluding hydrogens is 256 g/mol. The third-order valence-electron chi connectivity index (χ3n) is 4.16. The number of amides is 2. The van der Waals surface area contributed by atoms with Crippen molar-refractivity contribution in [1.82, 2.24) is 10.2 Å². The molecule has 2 unspecified atom stereocenters. The number of carbonyl (C=O) groups is 1. The SMILES string of the molecule is CC(O)CC(C)(C)CNC(=O)N1CCOCC1C1CC1. The lowest BCUT2D eigenvalue weighted by molar-refractivity contribution is 0.00403. The van der Waals surface area contributed by atoms with E-state index in [1.165, 1.54) is 12.8 Å². The highest BCUT2D eigenvalue weighted by Crippen LogP contribution is 2.36. The minimum absolute atomic E-state index is 0.0175. The molecule has 0 aromatic heterocycles. The molecule has 0 aromatic carbocycles. The van der Waals surface area contributed by atoms with Crippen LogP contribution in [0.2, 0.25) is 0 Å². The third-order valence-corrected chi connectivity index (χ3v) is 4.16. The summed E-state index contributed by atoms with van der Waals surface area (Å²) < 4.78 is 5.51. The average molecular weight is 284 g/mol. The molecule has 2 aliphatic rings. The van der Waals surface area contributed by atoms with Crippen molar-refractivity contribution in [2.75, 3.05) is 26.3 Å². The van der Waals surface area contributed by atoms with Crippen molar-refractivity contribution in [1.29, 1.82) is 0 Å². The van der Waals surface area contributed by atoms with E-state index in [1.54, 1.807) is 6.92 Å². The van der Waals surface area contributed by atoms with Crippen LogP contribution in [-0.4, -0.2) is 54.5 Å². The molecule has 1 aliphatic heterocycles. The van der Waals surface area contributed by atoms with Crippen LogP contribution < -0.4 is 5.32 Å². The van der Waals surface area contributed by atoms with Crippen LogP contribution in [-0.2, 0) is 4.74 Å². The molecule has 2 N–H and O–H groups in total. The second kappa shape index (κ2) is 6.31. The molecule has 0 bridgehead atoms. The number of aliphatic hydroxyl groups excluding tert-OH is 1. The zero-order valence-electron chi connectivity index (χ0n) is 12.9. The largest absolute Gasteiger partial charge is 0.393 e. The minimum atomic E-state index is -0.343. The number of hydrogen-bond donors (Lipinski definition) is 2. The van der Waals surface area contributed by atoms with E-state index in [0.29, 0.717) is 38.6 Å². The van der Waals surface area contributed by atoms with Gasteiger partial charge in [-0.3, -0.25) is 0 Å². The van der Waals surface area contributed by atoms with Gasteiger partial charge in [0, 0.05) is 13.1 Å². The fourth-order valence-corrected chi connectivity index (χ4v) is 3.03. The highest BCUT2D eigenvalue weighted by molar-refractivity contribution is 5.74. The van der Waals surface area contributed by atoms with Gasteiger partial charge >= 0.3 is 6.03 Å². The summed E-state index contributed by atoms with van der Waals surface area (Å²) in [5.74, 6) is 0.631. The predicted octanol–water partition coefficient (Wildman–Crippen LogP) is 1.60. The summed E-state index contributed by atoms with van der Waals surface area (Å²) in [5, 5.41) is 12.5. The highest BCUT2D eigenvalue weighted by Gasteiger charge is 2.39. The number of aliphatic hydroxyl groups is 1. The van der Waals surface area contributed by atoms with Gasteiger partial charge in [-0.05, 0) is 37.5 Å². The molecule has 1 saturated heterocycles. The van der Waals surface area contributed by atoms with Crippen LogP contribution in [0.15, 0.2) is 0 Å². The van der Waals surface area contributed by atoms with E-state index < -0.39 is 0 Å². The number of ether oxygens (including phenoxy) is 1. The van der Waals surface area contributed by atoms with Gasteiger partial charge < -0.3 is 20.1 Å². The van der Waals surface area contributed by atoms with E-state index in [1.807, 2.05) is 4.90 Å². The van der Waals surface area contributed by atoms with E-state index in [4.69, 9.17) is 4.74 Å². The van der Waals surface area contributed by atoms with Crippen LogP contribution in [0.4, 0.5) is 4.79 Å². The minimum Gasteiger partial charge on any atom is -0.393 e. The Balaban J connectivity index is 1.83. The standard InChI is InChI=1S/C15H28N2O3/c1-11(18)8-15(2,3)10-16-14(19)17-6-7-20-9-13(17)12-4-5-12/h11-13,18H,4-10H2,1-3H3,(H,16,19). The number of nitrogens with one attached hydrogen (secondary N) is 1. The van der Waals surface area contributed by atoms with Gasteiger partial charge in [-0.1, -0.05) is 13.8 Å². The van der Waals surface area contributed by atoms with Crippen molar-refractivity contribution >= 4 is 6.03 Å². The van der Waals surface area contributed by atoms with E-state index in [-0.39, 0.29) is 23.6 Å². The normalized spacial score (nSPS) is 25.4. The zero-order chi connectivity index (χ0) is 14.8. The Morgan fingerprint density at radius 1 is 1.50 bits per heavy atom. The first kappa shape index (κ1) is 15.6. The van der Waals surface area contributed by atoms with Gasteiger partial charge in [0.1, 0.15) is 0 Å². The lowest BCUT2D eigenvalue weighted by Crippen LogP contribution is -2.54. The summed E-state index contributed by atoms with van der Waals surface area (Å²) in [5.41, 5.74) is -0.0921. The van der Waals surface area contributed by atoms with Gasteiger partial charge in [0.05, 0.1) is 25.4 Å². The smallest absolute Gasteiger partial charge is 0.317 e. The molecule has 2 fully saturated rings. The van der Waals surface area contributed by atoms with E-state index in [9.17, 15) is 9.90 Å². The van der Waals surface area contributed by atoms with Gasteiger partial charge in [0.2, 0.25) is 0 Å². The van der Waals surface area contributed by atoms with Crippen LogP contribution >= 0.6 is 0 Å². The first-order chi connectivity index (χ1) is 9.39. The first-order valence-corrected chi connectivity index (χ1v) is 7.69. The molecule has 0 spiro atoms. The molecule has 2 rings (SSSR count). The first-order valence-electron chi connectivity index (χ1n) is 7.69. The van der Waals surface area contributed by atoms with Crippen molar-refractivity contribution in [2.24, 2.45) is 11.3 Å². The molecule has 2 amide bonds. The molecule has 0 aromatic rings. The topological polar surface area (TPSA) is 61.8 Å². The molecular formula is C15H28N2O3. The Bertz CT molecular complexity index is 340. The van der Waals surface area contributed by atoms with E-state index in [0.717, 1.165) is 0 Å². The summed E-state index contributed by atoms with van der Waals surface area (Å²) in [7, 11) is 0. The number of nitrogens with zero attached hydrogens (tertiary/aromatic N) is 1. The Morgan fingerprint density at radius 3 is 2.80 bits per heavy atom. The van der Waals surface area contributed by atoms with Gasteiger partial charge in [0.15, 0.2) is 0 Å². The fraction of sp³-hybridized carbons (Fsp3) is 0.933. The van der Waals surface area contributed by atoms with Crippen molar-refractivity contribution in [3.63, 3.8) is 0 Å². The highest BCUT2D eigenvalue weighted by atomic mass is 16.5. The maximum Gasteiger partial charge on any atom is 0.317 e. The van der Waals surface area contributed by atoms with Gasteiger partial charge in [0.25, 0.3) is 0 Å². The Morgan fingerprint density at radius 2 is 2.20 bits per heavy atom. The quantitative estimate of drug-likeness (QED) is 0.806. The summed E-state index contributed by atoms with van der Waals surface area (Å²) in [4.78, 5) is 14.3. The summed E-state index contributed by atoms with van der Waals surface area (Å²) in [6, 6.07) is 0.271. The van der Waals surface area contributed by atoms with Crippen molar-refractivity contribution in [2.45, 2.75) is 52.2 Å². The van der Waals surface area contributed by atoms with Crippen molar-refractivity contribution in [3.05, 3.63) is 0 Å². The zero-order valence-corrected chi connectivity index (χ0v) is 12.9. The lowest BCUT2D eigenvalue weighted by Gasteiger charge is -2.37. The molecule has 1 saturated carbocycles. The Hall–Kier alpha value is -0.810. The molecule has 0 radical (unpaired) electrons. The molecule has 1 aliphatic carbocycles. The maximum atomic E-state index is 12.4.